The Labute approximate surface area is 310 Å². The summed E-state index contributed by atoms with van der Waals surface area (Å²) in [6.45, 7) is 2.22. The second kappa shape index (κ2) is 13.8. The Morgan fingerprint density at radius 3 is 2.30 bits per heavy atom. The number of amides is 1. The highest BCUT2D eigenvalue weighted by Gasteiger charge is 2.40. The lowest BCUT2D eigenvalue weighted by Gasteiger charge is -2.42. The van der Waals surface area contributed by atoms with Crippen LogP contribution < -0.4 is 11.2 Å². The molecule has 3 heterocycles. The third kappa shape index (κ3) is 5.80. The van der Waals surface area contributed by atoms with E-state index in [0.717, 1.165) is 53.7 Å². The van der Waals surface area contributed by atoms with Crippen molar-refractivity contribution in [1.82, 2.24) is 18.6 Å². The summed E-state index contributed by atoms with van der Waals surface area (Å²) in [7, 11) is 3.39. The lowest BCUT2D eigenvalue weighted by molar-refractivity contribution is 0.0614. The molecular weight excluding hydrogens is 682 g/mol. The molecule has 0 saturated heterocycles. The Balaban J connectivity index is 1.28. The first-order valence-electron chi connectivity index (χ1n) is 17.9. The number of hydrogen-bond acceptors (Lipinski definition) is 5. The van der Waals surface area contributed by atoms with Crippen LogP contribution in [0.5, 0.6) is 5.88 Å². The summed E-state index contributed by atoms with van der Waals surface area (Å²) in [5.74, 6) is -1.58. The van der Waals surface area contributed by atoms with Gasteiger partial charge < -0.3 is 14.6 Å². The summed E-state index contributed by atoms with van der Waals surface area (Å²) >= 11 is 0. The Hall–Kier alpha value is -6.55. The molecule has 270 valence electrons. The van der Waals surface area contributed by atoms with Gasteiger partial charge in [0.05, 0.1) is 11.7 Å². The van der Waals surface area contributed by atoms with Crippen LogP contribution >= 0.6 is 0 Å². The van der Waals surface area contributed by atoms with E-state index in [0.29, 0.717) is 18.5 Å². The van der Waals surface area contributed by atoms with E-state index >= 15 is 0 Å². The zero-order chi connectivity index (χ0) is 37.7. The number of hydrogen-bond donors (Lipinski definition) is 1. The van der Waals surface area contributed by atoms with Crippen LogP contribution in [0.4, 0.5) is 4.39 Å². The predicted octanol–water partition coefficient (Wildman–Crippen LogP) is 7.06. The van der Waals surface area contributed by atoms with Crippen LogP contribution in [0.3, 0.4) is 0 Å². The number of nitrogens with zero attached hydrogens (tertiary/aromatic N) is 5. The van der Waals surface area contributed by atoms with Crippen molar-refractivity contribution in [3.63, 3.8) is 0 Å². The average molecular weight is 720 g/mol. The Morgan fingerprint density at radius 1 is 0.778 bits per heavy atom. The van der Waals surface area contributed by atoms with E-state index in [1.807, 2.05) is 66.5 Å². The molecule has 9 nitrogen and oxygen atoms in total. The smallest absolute Gasteiger partial charge is 0.338 e. The number of rotatable bonds is 8. The molecule has 10 heteroatoms. The summed E-state index contributed by atoms with van der Waals surface area (Å²) in [6.07, 6.45) is 0.641. The highest BCUT2D eigenvalue weighted by molar-refractivity contribution is 6.08. The molecule has 0 aliphatic carbocycles. The van der Waals surface area contributed by atoms with E-state index < -0.39 is 29.0 Å². The van der Waals surface area contributed by atoms with E-state index in [1.165, 1.54) is 25.2 Å². The van der Waals surface area contributed by atoms with Gasteiger partial charge in [0, 0.05) is 66.2 Å². The third-order valence-electron chi connectivity index (χ3n) is 10.7. The Morgan fingerprint density at radius 2 is 1.50 bits per heavy atom. The van der Waals surface area contributed by atoms with Gasteiger partial charge in [-0.15, -0.1) is 0 Å². The van der Waals surface area contributed by atoms with E-state index in [1.54, 1.807) is 6.92 Å². The minimum absolute atomic E-state index is 0.0346. The van der Waals surface area contributed by atoms with Crippen molar-refractivity contribution in [2.75, 3.05) is 13.1 Å². The van der Waals surface area contributed by atoms with Crippen LogP contribution in [0.2, 0.25) is 0 Å². The summed E-state index contributed by atoms with van der Waals surface area (Å²) in [6, 6.07) is 37.0. The van der Waals surface area contributed by atoms with E-state index in [9.17, 15) is 23.9 Å². The predicted molar refractivity (Wildman–Crippen MR) is 210 cm³/mol. The number of halogens is 1. The zero-order valence-electron chi connectivity index (χ0n) is 30.1. The number of aryl methyl sites for hydroxylation is 1. The number of aromatic nitrogens is 3. The molecule has 2 aromatic heterocycles. The van der Waals surface area contributed by atoms with Crippen molar-refractivity contribution in [2.45, 2.75) is 25.3 Å². The fourth-order valence-corrected chi connectivity index (χ4v) is 7.97. The fraction of sp³-hybridized carbons (Fsp3) is 0.182. The van der Waals surface area contributed by atoms with Crippen LogP contribution in [0.15, 0.2) is 136 Å². The zero-order valence-corrected chi connectivity index (χ0v) is 30.1. The summed E-state index contributed by atoms with van der Waals surface area (Å²) in [5, 5.41) is 13.4. The number of aromatic hydroxyl groups is 1. The molecule has 5 aromatic carbocycles. The Kier molecular flexibility index (Phi) is 8.81. The molecule has 1 amide bonds. The van der Waals surface area contributed by atoms with Gasteiger partial charge in [0.25, 0.3) is 11.5 Å². The molecule has 1 N–H and O–H groups in total. The van der Waals surface area contributed by atoms with Gasteiger partial charge in [-0.2, -0.15) is 0 Å². The third-order valence-corrected chi connectivity index (χ3v) is 10.7. The highest BCUT2D eigenvalue weighted by Crippen LogP contribution is 2.44. The van der Waals surface area contributed by atoms with E-state index in [-0.39, 0.29) is 35.3 Å². The lowest BCUT2D eigenvalue weighted by atomic mass is 9.79. The lowest BCUT2D eigenvalue weighted by Crippen LogP contribution is -2.44. The van der Waals surface area contributed by atoms with Crippen LogP contribution in [0.25, 0.3) is 27.5 Å². The normalized spacial score (nSPS) is 16.0. The standard InChI is InChI=1S/C44H38FN5O4/c1-27(39-42(52)48(3)44(54)50(43(39)53)31-15-11-14-30(45)25-31)46-26-36-32-16-7-8-18-34(32)41(51)49(23-22-28-12-5-4-6-13-28)40(36)29-20-21-38-35(24-29)33-17-9-10-19-37(33)47(38)2/h4-21,24-25,36,40,52H,22-23,26H2,1-3H3/t36-,40+/m1/s1. The molecule has 0 saturated carbocycles. The average Bonchev–Trinajstić information content (AvgIpc) is 3.47. The van der Waals surface area contributed by atoms with Gasteiger partial charge in [0.1, 0.15) is 11.4 Å². The van der Waals surface area contributed by atoms with E-state index in [2.05, 4.69) is 47.0 Å². The van der Waals surface area contributed by atoms with Crippen molar-refractivity contribution < 1.29 is 14.3 Å². The topological polar surface area (TPSA) is 102 Å². The van der Waals surface area contributed by atoms with Crippen molar-refractivity contribution in [2.24, 2.45) is 19.1 Å². The molecule has 0 bridgehead atoms. The largest absolute Gasteiger partial charge is 0.494 e. The fourth-order valence-electron chi connectivity index (χ4n) is 7.97. The molecule has 0 radical (unpaired) electrons. The maximum atomic E-state index is 14.5. The molecule has 0 spiro atoms. The van der Waals surface area contributed by atoms with Gasteiger partial charge in [-0.1, -0.05) is 78.9 Å². The molecule has 0 fully saturated rings. The second-order valence-corrected chi connectivity index (χ2v) is 13.8. The second-order valence-electron chi connectivity index (χ2n) is 13.8. The highest BCUT2D eigenvalue weighted by atomic mass is 19.1. The molecule has 54 heavy (non-hydrogen) atoms. The molecular formula is C44H38FN5O4. The first-order chi connectivity index (χ1) is 26.1. The molecule has 1 aliphatic heterocycles. The first-order valence-corrected chi connectivity index (χ1v) is 17.9. The van der Waals surface area contributed by atoms with Gasteiger partial charge in [-0.25, -0.2) is 13.8 Å². The number of benzene rings is 5. The minimum Gasteiger partial charge on any atom is -0.494 e. The van der Waals surface area contributed by atoms with Crippen molar-refractivity contribution in [3.05, 3.63) is 176 Å². The maximum Gasteiger partial charge on any atom is 0.338 e. The molecule has 1 aliphatic rings. The first kappa shape index (κ1) is 34.5. The molecule has 7 aromatic rings. The number of fused-ring (bicyclic) bond motifs is 4. The number of carbonyl (C=O) groups is 1. The summed E-state index contributed by atoms with van der Waals surface area (Å²) < 4.78 is 18.2. The van der Waals surface area contributed by atoms with Gasteiger partial charge in [-0.05, 0) is 72.5 Å². The van der Waals surface area contributed by atoms with Gasteiger partial charge in [-0.3, -0.25) is 19.1 Å². The van der Waals surface area contributed by atoms with Gasteiger partial charge in [0.2, 0.25) is 5.88 Å². The monoisotopic (exact) mass is 719 g/mol. The van der Waals surface area contributed by atoms with Crippen LogP contribution in [0.1, 0.15) is 51.5 Å². The quantitative estimate of drug-likeness (QED) is 0.170. The van der Waals surface area contributed by atoms with Crippen LogP contribution in [-0.4, -0.2) is 48.4 Å². The van der Waals surface area contributed by atoms with E-state index in [4.69, 9.17) is 4.99 Å². The minimum atomic E-state index is -0.822. The van der Waals surface area contributed by atoms with Gasteiger partial charge >= 0.3 is 5.69 Å². The number of carbonyl (C=O) groups excluding carboxylic acids is 1. The SMILES string of the molecule is CC(=NC[C@@H]1c2ccccc2C(=O)N(CCc2ccccc2)[C@H]1c1ccc2c(c1)c1ccccc1n2C)c1c(O)n(C)c(=O)n(-c2cccc(F)c2)c1=O. The molecule has 2 atom stereocenters. The summed E-state index contributed by atoms with van der Waals surface area (Å²) in [5.41, 5.74) is 4.08. The van der Waals surface area contributed by atoms with Crippen molar-refractivity contribution >= 4 is 33.4 Å². The molecule has 0 unspecified atom stereocenters. The number of aliphatic imine (C=N–C) groups is 1. The van der Waals surface area contributed by atoms with Gasteiger partial charge in [0.15, 0.2) is 0 Å². The maximum absolute atomic E-state index is 14.5. The Bertz CT molecular complexity index is 2750. The summed E-state index contributed by atoms with van der Waals surface area (Å²) in [4.78, 5) is 48.5. The van der Waals surface area contributed by atoms with Crippen LogP contribution in [0, 0.1) is 5.82 Å². The molecule has 8 rings (SSSR count). The van der Waals surface area contributed by atoms with Crippen LogP contribution in [-0.2, 0) is 20.5 Å². The van der Waals surface area contributed by atoms with Crippen molar-refractivity contribution in [3.8, 4) is 11.6 Å². The van der Waals surface area contributed by atoms with Crippen molar-refractivity contribution in [1.29, 1.82) is 0 Å². The number of para-hydroxylation sites is 1.